The highest BCUT2D eigenvalue weighted by atomic mass is 127. The Morgan fingerprint density at radius 2 is 2.04 bits per heavy atom. The summed E-state index contributed by atoms with van der Waals surface area (Å²) >= 11 is 5.34. The predicted octanol–water partition coefficient (Wildman–Crippen LogP) is 4.88. The average Bonchev–Trinajstić information content (AvgIpc) is 3.17. The second-order valence-electron chi connectivity index (χ2n) is 6.78. The minimum Gasteiger partial charge on any atom is -0.356 e. The summed E-state index contributed by atoms with van der Waals surface area (Å²) in [6, 6.07) is 13.3. The van der Waals surface area contributed by atoms with Crippen molar-refractivity contribution in [1.29, 1.82) is 0 Å². The summed E-state index contributed by atoms with van der Waals surface area (Å²) in [4.78, 5) is 8.36. The van der Waals surface area contributed by atoms with Crippen molar-refractivity contribution in [3.05, 3.63) is 56.7 Å². The number of aliphatic imine (C=N–C) groups is 1. The van der Waals surface area contributed by atoms with Crippen molar-refractivity contribution in [3.63, 3.8) is 0 Å². The van der Waals surface area contributed by atoms with E-state index in [9.17, 15) is 0 Å². The molecule has 148 valence electrons. The van der Waals surface area contributed by atoms with Crippen LogP contribution in [0.25, 0.3) is 0 Å². The van der Waals surface area contributed by atoms with Crippen molar-refractivity contribution in [2.75, 3.05) is 27.2 Å². The lowest BCUT2D eigenvalue weighted by Crippen LogP contribution is -2.44. The van der Waals surface area contributed by atoms with Gasteiger partial charge in [0.25, 0.3) is 0 Å². The number of piperidine rings is 1. The molecular weight excluding hydrogens is 535 g/mol. The van der Waals surface area contributed by atoms with Crippen LogP contribution in [-0.4, -0.2) is 38.0 Å². The number of hydrogen-bond acceptors (Lipinski definition) is 3. The molecule has 1 fully saturated rings. The second kappa shape index (κ2) is 11.4. The first-order chi connectivity index (χ1) is 12.7. The number of guanidine groups is 1. The molecule has 2 unspecified atom stereocenters. The molecule has 1 aromatic heterocycles. The topological polar surface area (TPSA) is 39.7 Å². The van der Waals surface area contributed by atoms with Crippen molar-refractivity contribution < 1.29 is 0 Å². The minimum absolute atomic E-state index is 0. The summed E-state index contributed by atoms with van der Waals surface area (Å²) in [5, 5.41) is 9.14. The number of halogens is 2. The molecule has 1 aliphatic heterocycles. The summed E-state index contributed by atoms with van der Waals surface area (Å²) in [5.74, 6) is 1.46. The number of nitrogens with zero attached hydrogens (tertiary/aromatic N) is 2. The fourth-order valence-electron chi connectivity index (χ4n) is 3.62. The number of benzene rings is 1. The molecule has 1 aromatic carbocycles. The van der Waals surface area contributed by atoms with Crippen molar-refractivity contribution in [2.24, 2.45) is 10.9 Å². The molecule has 0 radical (unpaired) electrons. The van der Waals surface area contributed by atoms with Crippen molar-refractivity contribution in [2.45, 2.75) is 25.4 Å². The van der Waals surface area contributed by atoms with Crippen molar-refractivity contribution >= 4 is 57.2 Å². The molecule has 0 spiro atoms. The molecule has 0 amide bonds. The Morgan fingerprint density at radius 3 is 2.70 bits per heavy atom. The highest BCUT2D eigenvalue weighted by Crippen LogP contribution is 2.36. The molecule has 27 heavy (non-hydrogen) atoms. The Hall–Kier alpha value is -0.640. The Labute approximate surface area is 192 Å². The molecule has 1 aliphatic rings. The highest BCUT2D eigenvalue weighted by Gasteiger charge is 2.31. The van der Waals surface area contributed by atoms with E-state index in [1.807, 2.05) is 18.4 Å². The predicted molar refractivity (Wildman–Crippen MR) is 130 cm³/mol. The molecule has 0 bridgehead atoms. The molecule has 7 heteroatoms. The van der Waals surface area contributed by atoms with Crippen molar-refractivity contribution in [1.82, 2.24) is 15.5 Å². The van der Waals surface area contributed by atoms with Gasteiger partial charge >= 0.3 is 0 Å². The molecular formula is C20H28BrIN4S. The molecule has 1 saturated heterocycles. The molecule has 2 N–H and O–H groups in total. The molecule has 4 nitrogen and oxygen atoms in total. The summed E-state index contributed by atoms with van der Waals surface area (Å²) < 4.78 is 1.10. The zero-order valence-electron chi connectivity index (χ0n) is 15.8. The van der Waals surface area contributed by atoms with Crippen LogP contribution in [0, 0.1) is 5.92 Å². The van der Waals surface area contributed by atoms with Gasteiger partial charge in [0, 0.05) is 35.5 Å². The first kappa shape index (κ1) is 22.6. The van der Waals surface area contributed by atoms with E-state index in [0.29, 0.717) is 12.0 Å². The Kier molecular flexibility index (Phi) is 9.55. The Bertz CT molecular complexity index is 705. The van der Waals surface area contributed by atoms with Gasteiger partial charge in [0.05, 0.1) is 0 Å². The first-order valence-electron chi connectivity index (χ1n) is 9.10. The lowest BCUT2D eigenvalue weighted by molar-refractivity contribution is 0.125. The maximum atomic E-state index is 4.39. The van der Waals surface area contributed by atoms with E-state index < -0.39 is 0 Å². The largest absolute Gasteiger partial charge is 0.356 e. The van der Waals surface area contributed by atoms with E-state index in [4.69, 9.17) is 0 Å². The quantitative estimate of drug-likeness (QED) is 0.310. The Morgan fingerprint density at radius 1 is 1.26 bits per heavy atom. The standard InChI is InChI=1S/C20H27BrN4S.HI/c1-22-20(23-13-15-7-9-17(21)10-8-15)24-14-16-5-3-11-25(2)19(16)18-6-4-12-26-18;/h4,6-10,12,16,19H,3,5,11,13-14H2,1-2H3,(H2,22,23,24);1H. The molecule has 2 aromatic rings. The second-order valence-corrected chi connectivity index (χ2v) is 8.67. The molecule has 0 saturated carbocycles. The van der Waals surface area contributed by atoms with Crippen LogP contribution in [0.3, 0.4) is 0 Å². The van der Waals surface area contributed by atoms with Crippen LogP contribution in [0.5, 0.6) is 0 Å². The first-order valence-corrected chi connectivity index (χ1v) is 10.8. The third kappa shape index (κ3) is 6.44. The fourth-order valence-corrected chi connectivity index (χ4v) is 4.87. The van der Waals surface area contributed by atoms with E-state index in [1.54, 1.807) is 0 Å². The highest BCUT2D eigenvalue weighted by molar-refractivity contribution is 14.0. The van der Waals surface area contributed by atoms with Gasteiger partial charge in [0.15, 0.2) is 5.96 Å². The van der Waals surface area contributed by atoms with Gasteiger partial charge in [0.2, 0.25) is 0 Å². The monoisotopic (exact) mass is 562 g/mol. The summed E-state index contributed by atoms with van der Waals surface area (Å²) in [6.07, 6.45) is 2.51. The smallest absolute Gasteiger partial charge is 0.191 e. The average molecular weight is 563 g/mol. The lowest BCUT2D eigenvalue weighted by atomic mass is 9.88. The van der Waals surface area contributed by atoms with Crippen LogP contribution in [0.2, 0.25) is 0 Å². The van der Waals surface area contributed by atoms with Crippen LogP contribution in [0.15, 0.2) is 51.2 Å². The van der Waals surface area contributed by atoms with E-state index in [-0.39, 0.29) is 24.0 Å². The molecule has 2 heterocycles. The van der Waals surface area contributed by atoms with E-state index in [0.717, 1.165) is 23.5 Å². The third-order valence-electron chi connectivity index (χ3n) is 4.97. The van der Waals surface area contributed by atoms with Crippen LogP contribution in [0.4, 0.5) is 0 Å². The van der Waals surface area contributed by atoms with Gasteiger partial charge in [-0.3, -0.25) is 9.89 Å². The van der Waals surface area contributed by atoms with Gasteiger partial charge < -0.3 is 10.6 Å². The van der Waals surface area contributed by atoms with E-state index >= 15 is 0 Å². The van der Waals surface area contributed by atoms with Gasteiger partial charge in [-0.25, -0.2) is 0 Å². The van der Waals surface area contributed by atoms with E-state index in [2.05, 4.69) is 85.3 Å². The van der Waals surface area contributed by atoms with Gasteiger partial charge in [-0.2, -0.15) is 0 Å². The summed E-state index contributed by atoms with van der Waals surface area (Å²) in [5.41, 5.74) is 1.24. The maximum Gasteiger partial charge on any atom is 0.191 e. The number of hydrogen-bond donors (Lipinski definition) is 2. The van der Waals surface area contributed by atoms with Gasteiger partial charge in [-0.1, -0.05) is 34.1 Å². The maximum absolute atomic E-state index is 4.39. The van der Waals surface area contributed by atoms with Crippen LogP contribution >= 0.6 is 51.2 Å². The zero-order chi connectivity index (χ0) is 18.4. The normalized spacial score (nSPS) is 20.8. The molecule has 3 rings (SSSR count). The minimum atomic E-state index is 0. The summed E-state index contributed by atoms with van der Waals surface area (Å²) in [7, 11) is 4.08. The van der Waals surface area contributed by atoms with Gasteiger partial charge in [-0.05, 0) is 61.5 Å². The molecule has 0 aliphatic carbocycles. The molecule has 2 atom stereocenters. The zero-order valence-corrected chi connectivity index (χ0v) is 20.6. The van der Waals surface area contributed by atoms with Crippen LogP contribution in [0.1, 0.15) is 29.3 Å². The van der Waals surface area contributed by atoms with Crippen LogP contribution in [-0.2, 0) is 6.54 Å². The lowest BCUT2D eigenvalue weighted by Gasteiger charge is -2.39. The van der Waals surface area contributed by atoms with Gasteiger partial charge in [0.1, 0.15) is 0 Å². The van der Waals surface area contributed by atoms with Crippen molar-refractivity contribution in [3.8, 4) is 0 Å². The SMILES string of the molecule is CN=C(NCc1ccc(Br)cc1)NCC1CCCN(C)C1c1cccs1.I. The van der Waals surface area contributed by atoms with Gasteiger partial charge in [-0.15, -0.1) is 35.3 Å². The number of rotatable bonds is 5. The van der Waals surface area contributed by atoms with E-state index in [1.165, 1.54) is 29.8 Å². The summed E-state index contributed by atoms with van der Waals surface area (Å²) in [6.45, 7) is 2.88. The fraction of sp³-hybridized carbons (Fsp3) is 0.450. The number of thiophene rings is 1. The number of nitrogens with one attached hydrogen (secondary N) is 2. The van der Waals surface area contributed by atoms with Crippen LogP contribution < -0.4 is 10.6 Å². The Balaban J connectivity index is 0.00000261. The number of likely N-dealkylation sites (tertiary alicyclic amines) is 1. The third-order valence-corrected chi connectivity index (χ3v) is 6.44.